The molecule has 0 aliphatic rings. The number of rotatable bonds is 5. The van der Waals surface area contributed by atoms with E-state index in [0.717, 1.165) is 25.3 Å². The Kier molecular flexibility index (Phi) is 3.82. The van der Waals surface area contributed by atoms with E-state index in [2.05, 4.69) is 33.5 Å². The van der Waals surface area contributed by atoms with Crippen LogP contribution < -0.4 is 5.32 Å². The zero-order valence-electron chi connectivity index (χ0n) is 10.2. The summed E-state index contributed by atoms with van der Waals surface area (Å²) in [5.74, 6) is 1.000. The van der Waals surface area contributed by atoms with Gasteiger partial charge in [0.15, 0.2) is 0 Å². The molecule has 2 aromatic heterocycles. The third-order valence-electron chi connectivity index (χ3n) is 2.59. The maximum Gasteiger partial charge on any atom is 0.133 e. The highest BCUT2D eigenvalue weighted by molar-refractivity contribution is 5.16. The lowest BCUT2D eigenvalue weighted by molar-refractivity contribution is 0.652. The van der Waals surface area contributed by atoms with Crippen LogP contribution in [0.2, 0.25) is 0 Å². The van der Waals surface area contributed by atoms with Gasteiger partial charge in [0.05, 0.1) is 0 Å². The first-order chi connectivity index (χ1) is 8.25. The minimum Gasteiger partial charge on any atom is -0.321 e. The van der Waals surface area contributed by atoms with Crippen molar-refractivity contribution in [2.45, 2.75) is 19.9 Å². The molecule has 0 fully saturated rings. The van der Waals surface area contributed by atoms with E-state index in [9.17, 15) is 0 Å². The zero-order valence-corrected chi connectivity index (χ0v) is 10.2. The van der Waals surface area contributed by atoms with Crippen LogP contribution in [0.5, 0.6) is 0 Å². The monoisotopic (exact) mass is 231 g/mol. The third kappa shape index (κ3) is 3.35. The third-order valence-corrected chi connectivity index (χ3v) is 2.59. The standard InChI is InChI=1S/C12H17N5/c1-10-5-11(8-14-6-10)7-13-4-3-12-16-15-9-17(12)2/h5-6,8-9,13H,3-4,7H2,1-2H3. The van der Waals surface area contributed by atoms with Crippen molar-refractivity contribution in [3.05, 3.63) is 41.7 Å². The fourth-order valence-corrected chi connectivity index (χ4v) is 1.68. The van der Waals surface area contributed by atoms with Crippen molar-refractivity contribution in [2.75, 3.05) is 6.54 Å². The number of pyridine rings is 1. The van der Waals surface area contributed by atoms with E-state index in [-0.39, 0.29) is 0 Å². The highest BCUT2D eigenvalue weighted by atomic mass is 15.2. The maximum absolute atomic E-state index is 4.16. The molecule has 17 heavy (non-hydrogen) atoms. The molecule has 0 atom stereocenters. The molecule has 2 aromatic rings. The van der Waals surface area contributed by atoms with Gasteiger partial charge in [0.1, 0.15) is 12.2 Å². The van der Waals surface area contributed by atoms with Gasteiger partial charge in [-0.2, -0.15) is 0 Å². The summed E-state index contributed by atoms with van der Waals surface area (Å²) in [6, 6.07) is 2.14. The lowest BCUT2D eigenvalue weighted by Gasteiger charge is -2.05. The lowest BCUT2D eigenvalue weighted by atomic mass is 10.2. The average molecular weight is 231 g/mol. The SMILES string of the molecule is Cc1cncc(CNCCc2nncn2C)c1. The fraction of sp³-hybridized carbons (Fsp3) is 0.417. The molecular weight excluding hydrogens is 214 g/mol. The summed E-state index contributed by atoms with van der Waals surface area (Å²) in [6.07, 6.45) is 6.36. The van der Waals surface area contributed by atoms with E-state index in [4.69, 9.17) is 0 Å². The van der Waals surface area contributed by atoms with Crippen LogP contribution in [0.15, 0.2) is 24.8 Å². The molecule has 0 unspecified atom stereocenters. The summed E-state index contributed by atoms with van der Waals surface area (Å²) in [6.45, 7) is 3.78. The molecule has 0 aromatic carbocycles. The van der Waals surface area contributed by atoms with Crippen molar-refractivity contribution in [2.24, 2.45) is 7.05 Å². The van der Waals surface area contributed by atoms with Crippen LogP contribution >= 0.6 is 0 Å². The van der Waals surface area contributed by atoms with Crippen molar-refractivity contribution in [3.8, 4) is 0 Å². The van der Waals surface area contributed by atoms with Crippen molar-refractivity contribution >= 4 is 0 Å². The Morgan fingerprint density at radius 2 is 2.24 bits per heavy atom. The van der Waals surface area contributed by atoms with Gasteiger partial charge in [-0.25, -0.2) is 0 Å². The predicted octanol–water partition coefficient (Wildman–Crippen LogP) is 0.851. The van der Waals surface area contributed by atoms with Crippen LogP contribution in [-0.2, 0) is 20.0 Å². The van der Waals surface area contributed by atoms with Gasteiger partial charge in [0.25, 0.3) is 0 Å². The summed E-state index contributed by atoms with van der Waals surface area (Å²) in [4.78, 5) is 4.16. The van der Waals surface area contributed by atoms with Crippen molar-refractivity contribution in [1.82, 2.24) is 25.1 Å². The second kappa shape index (κ2) is 5.54. The van der Waals surface area contributed by atoms with Crippen LogP contribution in [0.4, 0.5) is 0 Å². The number of nitrogens with one attached hydrogen (secondary N) is 1. The van der Waals surface area contributed by atoms with Gasteiger partial charge in [-0.3, -0.25) is 4.98 Å². The van der Waals surface area contributed by atoms with Gasteiger partial charge < -0.3 is 9.88 Å². The van der Waals surface area contributed by atoms with E-state index < -0.39 is 0 Å². The van der Waals surface area contributed by atoms with Gasteiger partial charge in [0.2, 0.25) is 0 Å². The Labute approximate surface area is 101 Å². The Bertz CT molecular complexity index is 477. The molecule has 2 rings (SSSR count). The van der Waals surface area contributed by atoms with Gasteiger partial charge in [-0.05, 0) is 18.1 Å². The van der Waals surface area contributed by atoms with Gasteiger partial charge in [-0.15, -0.1) is 10.2 Å². The van der Waals surface area contributed by atoms with Crippen molar-refractivity contribution < 1.29 is 0 Å². The summed E-state index contributed by atoms with van der Waals surface area (Å²) in [5, 5.41) is 11.3. The minimum absolute atomic E-state index is 0.840. The Morgan fingerprint density at radius 1 is 1.35 bits per heavy atom. The topological polar surface area (TPSA) is 55.6 Å². The van der Waals surface area contributed by atoms with Gasteiger partial charge in [-0.1, -0.05) is 6.07 Å². The quantitative estimate of drug-likeness (QED) is 0.775. The molecule has 0 bridgehead atoms. The number of nitrogens with zero attached hydrogens (tertiary/aromatic N) is 4. The first-order valence-corrected chi connectivity index (χ1v) is 5.70. The van der Waals surface area contributed by atoms with E-state index in [1.54, 1.807) is 6.33 Å². The van der Waals surface area contributed by atoms with E-state index in [0.29, 0.717) is 0 Å². The van der Waals surface area contributed by atoms with Crippen LogP contribution in [0.1, 0.15) is 17.0 Å². The summed E-state index contributed by atoms with van der Waals surface area (Å²) >= 11 is 0. The average Bonchev–Trinajstić information content (AvgIpc) is 2.71. The molecule has 0 saturated carbocycles. The summed E-state index contributed by atoms with van der Waals surface area (Å²) < 4.78 is 1.94. The summed E-state index contributed by atoms with van der Waals surface area (Å²) in [7, 11) is 1.96. The fourth-order valence-electron chi connectivity index (χ4n) is 1.68. The van der Waals surface area contributed by atoms with Crippen LogP contribution in [-0.4, -0.2) is 26.3 Å². The first-order valence-electron chi connectivity index (χ1n) is 5.70. The zero-order chi connectivity index (χ0) is 12.1. The predicted molar refractivity (Wildman–Crippen MR) is 65.4 cm³/mol. The molecule has 5 nitrogen and oxygen atoms in total. The number of aromatic nitrogens is 4. The molecule has 0 spiro atoms. The van der Waals surface area contributed by atoms with Crippen molar-refractivity contribution in [1.29, 1.82) is 0 Å². The Morgan fingerprint density at radius 3 is 2.94 bits per heavy atom. The largest absolute Gasteiger partial charge is 0.321 e. The Balaban J connectivity index is 1.75. The second-order valence-electron chi connectivity index (χ2n) is 4.16. The Hall–Kier alpha value is -1.75. The lowest BCUT2D eigenvalue weighted by Crippen LogP contribution is -2.18. The molecule has 0 aliphatic carbocycles. The number of hydrogen-bond acceptors (Lipinski definition) is 4. The van der Waals surface area contributed by atoms with Crippen molar-refractivity contribution in [3.63, 3.8) is 0 Å². The van der Waals surface area contributed by atoms with Gasteiger partial charge >= 0.3 is 0 Å². The van der Waals surface area contributed by atoms with Crippen LogP contribution in [0, 0.1) is 6.92 Å². The minimum atomic E-state index is 0.840. The first kappa shape index (κ1) is 11.7. The molecule has 1 N–H and O–H groups in total. The second-order valence-corrected chi connectivity index (χ2v) is 4.16. The smallest absolute Gasteiger partial charge is 0.133 e. The molecular formula is C12H17N5. The van der Waals surface area contributed by atoms with E-state index in [1.807, 2.05) is 24.0 Å². The van der Waals surface area contributed by atoms with E-state index in [1.165, 1.54) is 11.1 Å². The molecule has 2 heterocycles. The van der Waals surface area contributed by atoms with Crippen LogP contribution in [0.3, 0.4) is 0 Å². The number of aryl methyl sites for hydroxylation is 2. The van der Waals surface area contributed by atoms with Crippen LogP contribution in [0.25, 0.3) is 0 Å². The highest BCUT2D eigenvalue weighted by Gasteiger charge is 1.99. The summed E-state index contributed by atoms with van der Waals surface area (Å²) in [5.41, 5.74) is 2.40. The van der Waals surface area contributed by atoms with Gasteiger partial charge in [0, 0.05) is 39.0 Å². The molecule has 0 radical (unpaired) electrons. The molecule has 5 heteroatoms. The normalized spacial score (nSPS) is 10.7. The highest BCUT2D eigenvalue weighted by Crippen LogP contribution is 2.00. The molecule has 90 valence electrons. The van der Waals surface area contributed by atoms with E-state index >= 15 is 0 Å². The maximum atomic E-state index is 4.16. The number of hydrogen-bond donors (Lipinski definition) is 1. The molecule has 0 saturated heterocycles. The molecule has 0 amide bonds. The molecule has 0 aliphatic heterocycles.